The van der Waals surface area contributed by atoms with Gasteiger partial charge in [0, 0.05) is 32.3 Å². The Balaban J connectivity index is 2.01. The number of urea groups is 1. The fraction of sp³-hybridized carbons (Fsp3) is 0.444. The lowest BCUT2D eigenvalue weighted by molar-refractivity contribution is -0.138. The molecule has 158 valence electrons. The lowest BCUT2D eigenvalue weighted by atomic mass is 10.2. The molecular formula is C18H23N3O7S. The van der Waals surface area contributed by atoms with Gasteiger partial charge in [0.05, 0.1) is 18.1 Å². The lowest BCUT2D eigenvalue weighted by Crippen LogP contribution is -2.43. The van der Waals surface area contributed by atoms with Crippen LogP contribution in [0.4, 0.5) is 10.5 Å². The van der Waals surface area contributed by atoms with Gasteiger partial charge in [-0.1, -0.05) is 11.8 Å². The van der Waals surface area contributed by atoms with Crippen molar-refractivity contribution >= 4 is 27.7 Å². The molecule has 29 heavy (non-hydrogen) atoms. The molecule has 0 saturated carbocycles. The Morgan fingerprint density at radius 3 is 2.48 bits per heavy atom. The zero-order chi connectivity index (χ0) is 21.3. The van der Waals surface area contributed by atoms with Crippen molar-refractivity contribution in [2.45, 2.75) is 17.4 Å². The molecule has 0 aromatic heterocycles. The van der Waals surface area contributed by atoms with Gasteiger partial charge in [-0.2, -0.15) is 4.72 Å². The number of carbonyl (C=O) groups excluding carboxylic acids is 1. The second kappa shape index (κ2) is 10.8. The number of nitrogens with one attached hydrogen (secondary N) is 2. The van der Waals surface area contributed by atoms with Crippen LogP contribution in [0.2, 0.25) is 0 Å². The molecule has 11 heteroatoms. The lowest BCUT2D eigenvalue weighted by Gasteiger charge is -2.26. The molecule has 1 aliphatic heterocycles. The van der Waals surface area contributed by atoms with E-state index in [0.717, 1.165) is 0 Å². The second-order valence-corrected chi connectivity index (χ2v) is 7.77. The molecule has 1 fully saturated rings. The summed E-state index contributed by atoms with van der Waals surface area (Å²) in [5, 5.41) is 11.9. The normalized spacial score (nSPS) is 15.1. The number of carbonyl (C=O) groups is 2. The highest BCUT2D eigenvalue weighted by Crippen LogP contribution is 2.15. The number of ether oxygens (including phenoxy) is 2. The van der Waals surface area contributed by atoms with Crippen molar-refractivity contribution in [1.29, 1.82) is 0 Å². The number of rotatable bonds is 7. The molecule has 0 aliphatic carbocycles. The fourth-order valence-corrected chi connectivity index (χ4v) is 3.61. The minimum absolute atomic E-state index is 0.122. The topological polar surface area (TPSA) is 134 Å². The number of aliphatic carboxylic acids is 1. The van der Waals surface area contributed by atoms with Crippen LogP contribution in [-0.2, 0) is 24.3 Å². The largest absolute Gasteiger partial charge is 0.480 e. The maximum absolute atomic E-state index is 12.5. The van der Waals surface area contributed by atoms with Gasteiger partial charge in [-0.3, -0.25) is 4.79 Å². The van der Waals surface area contributed by atoms with Gasteiger partial charge in [-0.05, 0) is 24.3 Å². The number of nitrogens with zero attached hydrogens (tertiary/aromatic N) is 1. The van der Waals surface area contributed by atoms with E-state index in [1.807, 2.05) is 0 Å². The molecule has 3 N–H and O–H groups in total. The number of methoxy groups -OCH3 is 1. The summed E-state index contributed by atoms with van der Waals surface area (Å²) in [5.41, 5.74) is 0.417. The molecule has 10 nitrogen and oxygen atoms in total. The second-order valence-electron chi connectivity index (χ2n) is 6.06. The first-order valence-electron chi connectivity index (χ1n) is 8.77. The zero-order valence-electron chi connectivity index (χ0n) is 15.9. The van der Waals surface area contributed by atoms with E-state index in [4.69, 9.17) is 9.47 Å². The van der Waals surface area contributed by atoms with Crippen LogP contribution in [0.15, 0.2) is 29.2 Å². The summed E-state index contributed by atoms with van der Waals surface area (Å²) in [7, 11) is -2.64. The molecule has 0 bridgehead atoms. The molecule has 2 rings (SSSR count). The van der Waals surface area contributed by atoms with Gasteiger partial charge in [0.25, 0.3) is 0 Å². The zero-order valence-corrected chi connectivity index (χ0v) is 16.7. The molecular weight excluding hydrogens is 402 g/mol. The van der Waals surface area contributed by atoms with E-state index in [0.29, 0.717) is 32.0 Å². The predicted molar refractivity (Wildman–Crippen MR) is 104 cm³/mol. The number of carboxylic acids is 1. The molecule has 1 aromatic carbocycles. The van der Waals surface area contributed by atoms with Crippen LogP contribution in [0, 0.1) is 11.8 Å². The Kier molecular flexibility index (Phi) is 8.41. The first-order valence-corrected chi connectivity index (χ1v) is 10.3. The summed E-state index contributed by atoms with van der Waals surface area (Å²) in [6.07, 6.45) is -0.203. The molecule has 2 amide bonds. The van der Waals surface area contributed by atoms with Crippen LogP contribution in [0.5, 0.6) is 0 Å². The van der Waals surface area contributed by atoms with Crippen molar-refractivity contribution < 1.29 is 32.6 Å². The van der Waals surface area contributed by atoms with E-state index in [-0.39, 0.29) is 24.0 Å². The predicted octanol–water partition coefficient (Wildman–Crippen LogP) is 0.322. The fourth-order valence-electron chi connectivity index (χ4n) is 2.42. The number of hydrogen-bond acceptors (Lipinski definition) is 6. The Bertz CT molecular complexity index is 869. The Morgan fingerprint density at radius 1 is 1.24 bits per heavy atom. The summed E-state index contributed by atoms with van der Waals surface area (Å²) in [5.74, 6) is 3.80. The molecule has 0 radical (unpaired) electrons. The van der Waals surface area contributed by atoms with Crippen molar-refractivity contribution in [2.75, 3.05) is 45.3 Å². The first-order chi connectivity index (χ1) is 13.8. The van der Waals surface area contributed by atoms with E-state index in [1.165, 1.54) is 31.4 Å². The summed E-state index contributed by atoms with van der Waals surface area (Å²) in [6, 6.07) is 3.73. The standard InChI is InChI=1S/C18H23N3O7S/c1-27-11-3-2-4-16(17(22)23)20-29(25,26)15-7-5-14(6-8-15)19-18(24)21-9-12-28-13-10-21/h5-8,16,20H,4,9-13H2,1H3,(H,19,24)(H,22,23). The number of amides is 2. The van der Waals surface area contributed by atoms with E-state index in [1.54, 1.807) is 4.90 Å². The van der Waals surface area contributed by atoms with Crippen molar-refractivity contribution in [2.24, 2.45) is 0 Å². The highest BCUT2D eigenvalue weighted by atomic mass is 32.2. The highest BCUT2D eigenvalue weighted by Gasteiger charge is 2.25. The van der Waals surface area contributed by atoms with Crippen molar-refractivity contribution in [3.63, 3.8) is 0 Å². The van der Waals surface area contributed by atoms with E-state index < -0.39 is 22.0 Å². The third-order valence-electron chi connectivity index (χ3n) is 3.96. The van der Waals surface area contributed by atoms with E-state index in [2.05, 4.69) is 21.9 Å². The van der Waals surface area contributed by atoms with E-state index in [9.17, 15) is 23.1 Å². The van der Waals surface area contributed by atoms with Gasteiger partial charge in [-0.25, -0.2) is 13.2 Å². The monoisotopic (exact) mass is 425 g/mol. The molecule has 1 aromatic rings. The average molecular weight is 425 g/mol. The molecule has 1 atom stereocenters. The van der Waals surface area contributed by atoms with Gasteiger partial charge >= 0.3 is 12.0 Å². The van der Waals surface area contributed by atoms with Gasteiger partial charge in [0.2, 0.25) is 10.0 Å². The van der Waals surface area contributed by atoms with E-state index >= 15 is 0 Å². The maximum atomic E-state index is 12.5. The Hall–Kier alpha value is -2.65. The minimum Gasteiger partial charge on any atom is -0.480 e. The number of carboxylic acid groups (broad SMARTS) is 1. The van der Waals surface area contributed by atoms with Crippen LogP contribution in [0.1, 0.15) is 6.42 Å². The quantitative estimate of drug-likeness (QED) is 0.536. The van der Waals surface area contributed by atoms with Crippen LogP contribution < -0.4 is 10.0 Å². The van der Waals surface area contributed by atoms with Gasteiger partial charge in [0.15, 0.2) is 0 Å². The summed E-state index contributed by atoms with van der Waals surface area (Å²) in [4.78, 5) is 24.9. The van der Waals surface area contributed by atoms with Crippen LogP contribution in [0.25, 0.3) is 0 Å². The van der Waals surface area contributed by atoms with Gasteiger partial charge < -0.3 is 24.8 Å². The third-order valence-corrected chi connectivity index (χ3v) is 5.44. The molecule has 1 saturated heterocycles. The minimum atomic E-state index is -4.08. The smallest absolute Gasteiger partial charge is 0.322 e. The van der Waals surface area contributed by atoms with Crippen LogP contribution in [0.3, 0.4) is 0 Å². The number of morpholine rings is 1. The highest BCUT2D eigenvalue weighted by molar-refractivity contribution is 7.89. The van der Waals surface area contributed by atoms with Gasteiger partial charge in [0.1, 0.15) is 12.6 Å². The van der Waals surface area contributed by atoms with Crippen molar-refractivity contribution in [3.8, 4) is 11.8 Å². The number of anilines is 1. The summed E-state index contributed by atoms with van der Waals surface area (Å²) in [6.45, 7) is 2.02. The number of hydrogen-bond donors (Lipinski definition) is 3. The SMILES string of the molecule is COCC#CCC(NS(=O)(=O)c1ccc(NC(=O)N2CCOCC2)cc1)C(=O)O. The van der Waals surface area contributed by atoms with Crippen molar-refractivity contribution in [1.82, 2.24) is 9.62 Å². The Morgan fingerprint density at radius 2 is 1.90 bits per heavy atom. The third kappa shape index (κ3) is 7.03. The van der Waals surface area contributed by atoms with Crippen molar-refractivity contribution in [3.05, 3.63) is 24.3 Å². The molecule has 1 unspecified atom stereocenters. The first kappa shape index (κ1) is 22.6. The maximum Gasteiger partial charge on any atom is 0.322 e. The number of sulfonamides is 1. The molecule has 1 heterocycles. The summed E-state index contributed by atoms with van der Waals surface area (Å²) >= 11 is 0. The average Bonchev–Trinajstić information content (AvgIpc) is 2.71. The molecule has 0 spiro atoms. The summed E-state index contributed by atoms with van der Waals surface area (Å²) < 4.78 is 37.0. The molecule has 1 aliphatic rings. The number of benzene rings is 1. The van der Waals surface area contributed by atoms with Crippen LogP contribution >= 0.6 is 0 Å². The Labute approximate surface area is 169 Å². The van der Waals surface area contributed by atoms with Gasteiger partial charge in [-0.15, -0.1) is 0 Å². The van der Waals surface area contributed by atoms with Crippen LogP contribution in [-0.4, -0.2) is 76.5 Å².